The van der Waals surface area contributed by atoms with E-state index in [0.29, 0.717) is 6.07 Å². The molecule has 4 nitrogen and oxygen atoms in total. The maximum Gasteiger partial charge on any atom is 0.574 e. The first kappa shape index (κ1) is 14.6. The van der Waals surface area contributed by atoms with Crippen molar-refractivity contribution in [3.63, 3.8) is 0 Å². The normalized spacial score (nSPS) is 11.7. The van der Waals surface area contributed by atoms with Crippen LogP contribution >= 0.6 is 15.9 Å². The number of halogens is 6. The Morgan fingerprint density at radius 2 is 2.00 bits per heavy atom. The van der Waals surface area contributed by atoms with Gasteiger partial charge in [-0.3, -0.25) is 0 Å². The van der Waals surface area contributed by atoms with Gasteiger partial charge in [0.25, 0.3) is 6.43 Å². The van der Waals surface area contributed by atoms with Crippen molar-refractivity contribution < 1.29 is 36.6 Å². The van der Waals surface area contributed by atoms with E-state index in [1.165, 1.54) is 0 Å². The van der Waals surface area contributed by atoms with Crippen LogP contribution in [0.1, 0.15) is 22.5 Å². The van der Waals surface area contributed by atoms with E-state index in [1.807, 2.05) is 0 Å². The fourth-order valence-corrected chi connectivity index (χ4v) is 1.60. The summed E-state index contributed by atoms with van der Waals surface area (Å²) >= 11 is 2.54. The van der Waals surface area contributed by atoms with Gasteiger partial charge in [0.1, 0.15) is 0 Å². The second-order valence-corrected chi connectivity index (χ2v) is 3.71. The third-order valence-corrected chi connectivity index (χ3v) is 2.28. The first-order chi connectivity index (χ1) is 8.11. The van der Waals surface area contributed by atoms with Crippen molar-refractivity contribution in [1.29, 1.82) is 0 Å². The van der Waals surface area contributed by atoms with Crippen molar-refractivity contribution in [3.05, 3.63) is 21.8 Å². The van der Waals surface area contributed by atoms with Gasteiger partial charge in [-0.05, 0) is 0 Å². The van der Waals surface area contributed by atoms with Crippen LogP contribution < -0.4 is 4.74 Å². The highest BCUT2D eigenvalue weighted by Gasteiger charge is 2.33. The topological polar surface area (TPSA) is 59.4 Å². The third-order valence-electron chi connectivity index (χ3n) is 1.63. The van der Waals surface area contributed by atoms with Crippen LogP contribution in [-0.2, 0) is 0 Å². The molecule has 0 aliphatic carbocycles. The molecular formula is C8H3BrF5NO3. The van der Waals surface area contributed by atoms with Crippen molar-refractivity contribution in [3.8, 4) is 5.88 Å². The number of rotatable bonds is 3. The molecule has 18 heavy (non-hydrogen) atoms. The summed E-state index contributed by atoms with van der Waals surface area (Å²) in [5, 5.41) is 8.61. The zero-order valence-corrected chi connectivity index (χ0v) is 9.72. The van der Waals surface area contributed by atoms with Crippen LogP contribution in [0.3, 0.4) is 0 Å². The Hall–Kier alpha value is -1.45. The van der Waals surface area contributed by atoms with Gasteiger partial charge in [0.05, 0.1) is 5.56 Å². The first-order valence-corrected chi connectivity index (χ1v) is 4.88. The molecule has 1 rings (SSSR count). The molecule has 0 atom stereocenters. The fraction of sp³-hybridized carbons (Fsp3) is 0.250. The number of hydrogen-bond acceptors (Lipinski definition) is 3. The minimum Gasteiger partial charge on any atom is -0.476 e. The fourth-order valence-electron chi connectivity index (χ4n) is 1.04. The van der Waals surface area contributed by atoms with E-state index in [1.54, 1.807) is 0 Å². The van der Waals surface area contributed by atoms with E-state index >= 15 is 0 Å². The maximum atomic E-state index is 12.5. The van der Waals surface area contributed by atoms with Gasteiger partial charge in [-0.15, -0.1) is 13.2 Å². The Labute approximate surface area is 105 Å². The third kappa shape index (κ3) is 3.52. The summed E-state index contributed by atoms with van der Waals surface area (Å²) in [4.78, 5) is 13.5. The molecule has 0 aliphatic heterocycles. The largest absolute Gasteiger partial charge is 0.574 e. The predicted octanol–water partition coefficient (Wildman–Crippen LogP) is 3.38. The molecule has 0 radical (unpaired) electrons. The van der Waals surface area contributed by atoms with Gasteiger partial charge in [-0.25, -0.2) is 18.6 Å². The van der Waals surface area contributed by atoms with Crippen molar-refractivity contribution in [2.24, 2.45) is 0 Å². The Kier molecular flexibility index (Phi) is 4.09. The Bertz CT molecular complexity index is 477. The SMILES string of the molecule is O=C(O)c1nc(OC(F)(F)F)cc(Br)c1C(F)F. The Morgan fingerprint density at radius 3 is 2.39 bits per heavy atom. The number of carbonyl (C=O) groups is 1. The molecule has 10 heteroatoms. The Morgan fingerprint density at radius 1 is 1.44 bits per heavy atom. The molecule has 0 aliphatic rings. The van der Waals surface area contributed by atoms with Gasteiger partial charge in [0, 0.05) is 10.5 Å². The van der Waals surface area contributed by atoms with E-state index in [-0.39, 0.29) is 0 Å². The van der Waals surface area contributed by atoms with Gasteiger partial charge >= 0.3 is 12.3 Å². The number of hydrogen-bond donors (Lipinski definition) is 1. The van der Waals surface area contributed by atoms with E-state index in [4.69, 9.17) is 5.11 Å². The summed E-state index contributed by atoms with van der Waals surface area (Å²) in [5.74, 6) is -3.03. The lowest BCUT2D eigenvalue weighted by Gasteiger charge is -2.12. The van der Waals surface area contributed by atoms with Crippen LogP contribution in [0.2, 0.25) is 0 Å². The molecule has 1 heterocycles. The van der Waals surface area contributed by atoms with E-state index in [0.717, 1.165) is 0 Å². The lowest BCUT2D eigenvalue weighted by molar-refractivity contribution is -0.276. The minimum absolute atomic E-state index is 0.515. The molecule has 0 bridgehead atoms. The highest BCUT2D eigenvalue weighted by molar-refractivity contribution is 9.10. The van der Waals surface area contributed by atoms with Crippen molar-refractivity contribution in [2.75, 3.05) is 0 Å². The van der Waals surface area contributed by atoms with Crippen LogP contribution in [0.4, 0.5) is 22.0 Å². The highest BCUT2D eigenvalue weighted by atomic mass is 79.9. The average Bonchev–Trinajstić information content (AvgIpc) is 2.12. The smallest absolute Gasteiger partial charge is 0.476 e. The molecule has 0 saturated carbocycles. The first-order valence-electron chi connectivity index (χ1n) is 4.09. The molecule has 0 aromatic carbocycles. The zero-order valence-electron chi connectivity index (χ0n) is 8.13. The lowest BCUT2D eigenvalue weighted by Crippen LogP contribution is -2.19. The minimum atomic E-state index is -5.10. The molecule has 1 aromatic rings. The van der Waals surface area contributed by atoms with E-state index < -0.39 is 40.4 Å². The van der Waals surface area contributed by atoms with Gasteiger partial charge in [-0.2, -0.15) is 0 Å². The van der Waals surface area contributed by atoms with Crippen LogP contribution in [0.15, 0.2) is 10.5 Å². The molecule has 100 valence electrons. The van der Waals surface area contributed by atoms with Crippen LogP contribution in [-0.4, -0.2) is 22.4 Å². The maximum absolute atomic E-state index is 12.5. The second-order valence-electron chi connectivity index (χ2n) is 2.86. The molecular weight excluding hydrogens is 333 g/mol. The number of pyridine rings is 1. The number of aromatic nitrogens is 1. The number of nitrogens with zero attached hydrogens (tertiary/aromatic N) is 1. The summed E-state index contributed by atoms with van der Waals surface area (Å²) in [6.45, 7) is 0. The highest BCUT2D eigenvalue weighted by Crippen LogP contribution is 2.33. The molecule has 0 amide bonds. The van der Waals surface area contributed by atoms with E-state index in [2.05, 4.69) is 25.7 Å². The summed E-state index contributed by atoms with van der Waals surface area (Å²) < 4.78 is 63.5. The van der Waals surface area contributed by atoms with Crippen molar-refractivity contribution in [2.45, 2.75) is 12.8 Å². The van der Waals surface area contributed by atoms with Gasteiger partial charge in [-0.1, -0.05) is 15.9 Å². The molecule has 0 spiro atoms. The van der Waals surface area contributed by atoms with Crippen molar-refractivity contribution >= 4 is 21.9 Å². The number of ether oxygens (including phenoxy) is 1. The average molecular weight is 336 g/mol. The van der Waals surface area contributed by atoms with Gasteiger partial charge in [0.15, 0.2) is 5.69 Å². The molecule has 0 unspecified atom stereocenters. The molecule has 0 fully saturated rings. The van der Waals surface area contributed by atoms with Crippen LogP contribution in [0.5, 0.6) is 5.88 Å². The molecule has 1 aromatic heterocycles. The Balaban J connectivity index is 3.32. The lowest BCUT2D eigenvalue weighted by atomic mass is 10.2. The monoisotopic (exact) mass is 335 g/mol. The van der Waals surface area contributed by atoms with Gasteiger partial charge < -0.3 is 9.84 Å². The quantitative estimate of drug-likeness (QED) is 0.860. The molecule has 0 saturated heterocycles. The zero-order chi connectivity index (χ0) is 14.1. The van der Waals surface area contributed by atoms with Crippen LogP contribution in [0.25, 0.3) is 0 Å². The standard InChI is InChI=1S/C8H3BrF5NO3/c9-2-1-3(18-8(12,13)14)15-5(7(16)17)4(2)6(10)11/h1,6H,(H,16,17). The summed E-state index contributed by atoms with van der Waals surface area (Å²) in [7, 11) is 0. The summed E-state index contributed by atoms with van der Waals surface area (Å²) in [5.41, 5.74) is -2.23. The predicted molar refractivity (Wildman–Crippen MR) is 50.5 cm³/mol. The van der Waals surface area contributed by atoms with Crippen LogP contribution in [0, 0.1) is 0 Å². The van der Waals surface area contributed by atoms with E-state index in [9.17, 15) is 26.7 Å². The number of alkyl halides is 5. The van der Waals surface area contributed by atoms with Gasteiger partial charge in [0.2, 0.25) is 5.88 Å². The summed E-state index contributed by atoms with van der Waals surface area (Å²) in [6.07, 6.45) is -8.31. The number of carboxylic acid groups (broad SMARTS) is 1. The summed E-state index contributed by atoms with van der Waals surface area (Å²) in [6, 6.07) is 0.515. The number of aromatic carboxylic acids is 1. The van der Waals surface area contributed by atoms with Crippen molar-refractivity contribution in [1.82, 2.24) is 4.98 Å². The number of carboxylic acids is 1. The second kappa shape index (κ2) is 5.04. The molecule has 1 N–H and O–H groups in total.